The van der Waals surface area contributed by atoms with Crippen molar-refractivity contribution in [3.05, 3.63) is 24.3 Å². The number of para-hydroxylation sites is 2. The van der Waals surface area contributed by atoms with E-state index in [9.17, 15) is 9.59 Å². The number of methoxy groups -OCH3 is 1. The van der Waals surface area contributed by atoms with E-state index in [1.807, 2.05) is 12.1 Å². The molecule has 0 radical (unpaired) electrons. The highest BCUT2D eigenvalue weighted by Crippen LogP contribution is 2.25. The number of ether oxygens (including phenoxy) is 1. The van der Waals surface area contributed by atoms with Crippen LogP contribution in [-0.4, -0.2) is 30.3 Å². The number of benzene rings is 1. The van der Waals surface area contributed by atoms with E-state index in [1.165, 1.54) is 0 Å². The molecular weight excluding hydrogens is 272 g/mol. The van der Waals surface area contributed by atoms with Gasteiger partial charge in [0, 0.05) is 6.04 Å². The third-order valence-corrected chi connectivity index (χ3v) is 3.77. The summed E-state index contributed by atoms with van der Waals surface area (Å²) in [5.74, 6) is -0.422. The molecule has 1 aliphatic carbocycles. The van der Waals surface area contributed by atoms with Gasteiger partial charge in [0.25, 0.3) is 0 Å². The standard InChI is InChI=1S/C15H20N2O4/c1-21-13-5-3-2-4-12(13)17-15(20)16-11-8-6-10(7-9-11)14(18)19/h2-5,10-11H,6-9H2,1H3,(H,18,19)(H2,16,17,20). The SMILES string of the molecule is COc1ccccc1NC(=O)NC1CCC(C(=O)O)CC1. The van der Waals surface area contributed by atoms with E-state index < -0.39 is 5.97 Å². The molecule has 0 atom stereocenters. The quantitative estimate of drug-likeness (QED) is 0.795. The molecule has 0 bridgehead atoms. The fourth-order valence-electron chi connectivity index (χ4n) is 2.58. The number of carboxylic acid groups (broad SMARTS) is 1. The number of nitrogens with one attached hydrogen (secondary N) is 2. The summed E-state index contributed by atoms with van der Waals surface area (Å²) in [7, 11) is 1.55. The van der Waals surface area contributed by atoms with Gasteiger partial charge in [0.1, 0.15) is 5.75 Å². The van der Waals surface area contributed by atoms with Crippen molar-refractivity contribution in [3.63, 3.8) is 0 Å². The van der Waals surface area contributed by atoms with Crippen LogP contribution in [0.2, 0.25) is 0 Å². The lowest BCUT2D eigenvalue weighted by Gasteiger charge is -2.26. The molecule has 0 heterocycles. The van der Waals surface area contributed by atoms with Gasteiger partial charge in [-0.3, -0.25) is 4.79 Å². The molecule has 1 aromatic rings. The Morgan fingerprint density at radius 3 is 2.48 bits per heavy atom. The van der Waals surface area contributed by atoms with Gasteiger partial charge in [-0.05, 0) is 37.8 Å². The van der Waals surface area contributed by atoms with Gasteiger partial charge in [-0.15, -0.1) is 0 Å². The number of aliphatic carboxylic acids is 1. The molecule has 2 amide bonds. The molecule has 2 rings (SSSR count). The maximum Gasteiger partial charge on any atom is 0.319 e. The maximum absolute atomic E-state index is 12.0. The van der Waals surface area contributed by atoms with E-state index in [1.54, 1.807) is 19.2 Å². The van der Waals surface area contributed by atoms with Crippen LogP contribution in [0.15, 0.2) is 24.3 Å². The Kier molecular flexibility index (Phi) is 5.03. The zero-order chi connectivity index (χ0) is 15.2. The van der Waals surface area contributed by atoms with Gasteiger partial charge in [0.2, 0.25) is 0 Å². The number of carbonyl (C=O) groups excluding carboxylic acids is 1. The van der Waals surface area contributed by atoms with Crippen molar-refractivity contribution in [3.8, 4) is 5.75 Å². The first-order chi connectivity index (χ1) is 10.1. The number of hydrogen-bond donors (Lipinski definition) is 3. The summed E-state index contributed by atoms with van der Waals surface area (Å²) in [5.41, 5.74) is 0.608. The molecule has 1 fully saturated rings. The topological polar surface area (TPSA) is 87.7 Å². The maximum atomic E-state index is 12.0. The largest absolute Gasteiger partial charge is 0.495 e. The van der Waals surface area contributed by atoms with Gasteiger partial charge in [-0.1, -0.05) is 12.1 Å². The number of rotatable bonds is 4. The predicted octanol–water partition coefficient (Wildman–Crippen LogP) is 2.46. The summed E-state index contributed by atoms with van der Waals surface area (Å²) in [5, 5.41) is 14.6. The summed E-state index contributed by atoms with van der Waals surface area (Å²) < 4.78 is 5.17. The third-order valence-electron chi connectivity index (χ3n) is 3.77. The normalized spacial score (nSPS) is 21.4. The molecule has 3 N–H and O–H groups in total. The number of amides is 2. The molecule has 0 saturated heterocycles. The minimum Gasteiger partial charge on any atom is -0.495 e. The molecule has 0 unspecified atom stereocenters. The number of carbonyl (C=O) groups is 2. The third kappa shape index (κ3) is 4.11. The molecule has 0 spiro atoms. The van der Waals surface area contributed by atoms with Gasteiger partial charge in [-0.25, -0.2) is 4.79 Å². The monoisotopic (exact) mass is 292 g/mol. The van der Waals surface area contributed by atoms with Gasteiger partial charge in [-0.2, -0.15) is 0 Å². The van der Waals surface area contributed by atoms with Crippen molar-refractivity contribution < 1.29 is 19.4 Å². The number of carboxylic acids is 1. The van der Waals surface area contributed by atoms with E-state index in [4.69, 9.17) is 9.84 Å². The van der Waals surface area contributed by atoms with Gasteiger partial charge >= 0.3 is 12.0 Å². The summed E-state index contributed by atoms with van der Waals surface area (Å²) >= 11 is 0. The molecule has 6 heteroatoms. The average Bonchev–Trinajstić information content (AvgIpc) is 2.48. The minimum absolute atomic E-state index is 0.0234. The van der Waals surface area contributed by atoms with Crippen molar-refractivity contribution in [2.24, 2.45) is 5.92 Å². The smallest absolute Gasteiger partial charge is 0.319 e. The molecule has 1 aromatic carbocycles. The summed E-state index contributed by atoms with van der Waals surface area (Å²) in [6, 6.07) is 6.91. The zero-order valence-electron chi connectivity index (χ0n) is 12.0. The van der Waals surface area contributed by atoms with E-state index in [-0.39, 0.29) is 18.0 Å². The Hall–Kier alpha value is -2.24. The van der Waals surface area contributed by atoms with E-state index in [2.05, 4.69) is 10.6 Å². The predicted molar refractivity (Wildman–Crippen MR) is 78.5 cm³/mol. The van der Waals surface area contributed by atoms with Gasteiger partial charge in [0.15, 0.2) is 0 Å². The molecular formula is C15H20N2O4. The zero-order valence-corrected chi connectivity index (χ0v) is 12.0. The van der Waals surface area contributed by atoms with Crippen LogP contribution in [0.25, 0.3) is 0 Å². The highest BCUT2D eigenvalue weighted by atomic mass is 16.5. The van der Waals surface area contributed by atoms with Crippen molar-refractivity contribution in [2.45, 2.75) is 31.7 Å². The van der Waals surface area contributed by atoms with Crippen molar-refractivity contribution in [1.29, 1.82) is 0 Å². The van der Waals surface area contributed by atoms with Crippen LogP contribution in [0, 0.1) is 5.92 Å². The van der Waals surface area contributed by atoms with Crippen LogP contribution in [-0.2, 0) is 4.79 Å². The fraction of sp³-hybridized carbons (Fsp3) is 0.467. The lowest BCUT2D eigenvalue weighted by molar-refractivity contribution is -0.142. The van der Waals surface area contributed by atoms with Crippen LogP contribution in [0.4, 0.5) is 10.5 Å². The minimum atomic E-state index is -0.744. The van der Waals surface area contributed by atoms with E-state index in [0.717, 1.165) is 0 Å². The van der Waals surface area contributed by atoms with Crippen LogP contribution in [0.5, 0.6) is 5.75 Å². The van der Waals surface area contributed by atoms with Crippen molar-refractivity contribution in [1.82, 2.24) is 5.32 Å². The second-order valence-corrected chi connectivity index (χ2v) is 5.19. The molecule has 0 aliphatic heterocycles. The molecule has 21 heavy (non-hydrogen) atoms. The lowest BCUT2D eigenvalue weighted by atomic mass is 9.86. The summed E-state index contributed by atoms with van der Waals surface area (Å²) in [6.45, 7) is 0. The molecule has 1 saturated carbocycles. The first-order valence-electron chi connectivity index (χ1n) is 7.03. The Balaban J connectivity index is 1.84. The lowest BCUT2D eigenvalue weighted by Crippen LogP contribution is -2.41. The second-order valence-electron chi connectivity index (χ2n) is 5.19. The van der Waals surface area contributed by atoms with Crippen LogP contribution in [0.3, 0.4) is 0 Å². The molecule has 0 aromatic heterocycles. The van der Waals surface area contributed by atoms with Gasteiger partial charge in [0.05, 0.1) is 18.7 Å². The second kappa shape index (κ2) is 6.97. The van der Waals surface area contributed by atoms with Crippen molar-refractivity contribution >= 4 is 17.7 Å². The van der Waals surface area contributed by atoms with Crippen LogP contribution >= 0.6 is 0 Å². The van der Waals surface area contributed by atoms with E-state index in [0.29, 0.717) is 37.1 Å². The Bertz CT molecular complexity index is 510. The molecule has 114 valence electrons. The average molecular weight is 292 g/mol. The van der Waals surface area contributed by atoms with Crippen LogP contribution in [0.1, 0.15) is 25.7 Å². The highest BCUT2D eigenvalue weighted by Gasteiger charge is 2.26. The number of hydrogen-bond acceptors (Lipinski definition) is 3. The van der Waals surface area contributed by atoms with Gasteiger partial charge < -0.3 is 20.5 Å². The number of anilines is 1. The Morgan fingerprint density at radius 1 is 1.19 bits per heavy atom. The summed E-state index contributed by atoms with van der Waals surface area (Å²) in [4.78, 5) is 22.9. The molecule has 1 aliphatic rings. The van der Waals surface area contributed by atoms with E-state index >= 15 is 0 Å². The Morgan fingerprint density at radius 2 is 1.86 bits per heavy atom. The number of urea groups is 1. The highest BCUT2D eigenvalue weighted by molar-refractivity contribution is 5.91. The first kappa shape index (κ1) is 15.2. The van der Waals surface area contributed by atoms with Crippen molar-refractivity contribution in [2.75, 3.05) is 12.4 Å². The van der Waals surface area contributed by atoms with Crippen LogP contribution < -0.4 is 15.4 Å². The Labute approximate surface area is 123 Å². The summed E-state index contributed by atoms with van der Waals surface area (Å²) in [6.07, 6.45) is 2.59. The molecule has 6 nitrogen and oxygen atoms in total. The first-order valence-corrected chi connectivity index (χ1v) is 7.03. The fourth-order valence-corrected chi connectivity index (χ4v) is 2.58.